The van der Waals surface area contributed by atoms with Gasteiger partial charge in [-0.3, -0.25) is 25.3 Å². The Labute approximate surface area is 126 Å². The van der Waals surface area contributed by atoms with E-state index in [1.165, 1.54) is 0 Å². The van der Waals surface area contributed by atoms with Crippen molar-refractivity contribution in [1.82, 2.24) is 30.4 Å². The van der Waals surface area contributed by atoms with E-state index >= 15 is 0 Å². The molecule has 3 aromatic heterocycles. The number of pyridine rings is 1. The van der Waals surface area contributed by atoms with Gasteiger partial charge in [0, 0.05) is 23.9 Å². The summed E-state index contributed by atoms with van der Waals surface area (Å²) in [4.78, 5) is 20.4. The van der Waals surface area contributed by atoms with Crippen LogP contribution in [0.5, 0.6) is 0 Å². The van der Waals surface area contributed by atoms with Gasteiger partial charge in [-0.05, 0) is 18.2 Å². The quantitative estimate of drug-likeness (QED) is 0.681. The highest BCUT2D eigenvalue weighted by Crippen LogP contribution is 2.16. The zero-order valence-corrected chi connectivity index (χ0v) is 12.2. The van der Waals surface area contributed by atoms with Gasteiger partial charge in [0.1, 0.15) is 11.5 Å². The smallest absolute Gasteiger partial charge is 0.276 e. The number of H-pyrrole nitrogens is 2. The Balaban J connectivity index is 1.74. The Morgan fingerprint density at radius 1 is 1.27 bits per heavy atom. The molecule has 0 aromatic carbocycles. The van der Waals surface area contributed by atoms with Crippen molar-refractivity contribution in [2.24, 2.45) is 0 Å². The van der Waals surface area contributed by atoms with Crippen LogP contribution in [-0.2, 0) is 0 Å². The van der Waals surface area contributed by atoms with Gasteiger partial charge in [-0.25, -0.2) is 0 Å². The number of hydrogen-bond acceptors (Lipinski definition) is 5. The van der Waals surface area contributed by atoms with Gasteiger partial charge in [0.25, 0.3) is 5.91 Å². The Bertz CT molecular complexity index is 775. The highest BCUT2D eigenvalue weighted by atomic mass is 16.2. The third kappa shape index (κ3) is 2.85. The molecule has 8 heteroatoms. The van der Waals surface area contributed by atoms with Crippen LogP contribution in [0, 0.1) is 0 Å². The topological polar surface area (TPSA) is 112 Å². The van der Waals surface area contributed by atoms with E-state index in [-0.39, 0.29) is 17.8 Å². The zero-order valence-electron chi connectivity index (χ0n) is 12.2. The summed E-state index contributed by atoms with van der Waals surface area (Å²) >= 11 is 0. The fourth-order valence-electron chi connectivity index (χ4n) is 1.86. The van der Waals surface area contributed by atoms with Gasteiger partial charge in [-0.2, -0.15) is 10.1 Å². The molecule has 0 bridgehead atoms. The van der Waals surface area contributed by atoms with Gasteiger partial charge in [0.05, 0.1) is 5.69 Å². The predicted octanol–water partition coefficient (Wildman–Crippen LogP) is 1.97. The second kappa shape index (κ2) is 5.76. The summed E-state index contributed by atoms with van der Waals surface area (Å²) in [6.45, 7) is 3.97. The van der Waals surface area contributed by atoms with Crippen LogP contribution in [0.25, 0.3) is 11.3 Å². The molecule has 0 aliphatic carbocycles. The standard InChI is InChI=1S/C14H15N7O/c1-8(2)12-16-14(21-20-12)17-13(22)11-6-10(18-19-11)9-4-3-5-15-7-9/h3-8H,1-2H3,(H,18,19)(H2,16,17,20,21,22). The Morgan fingerprint density at radius 2 is 2.14 bits per heavy atom. The van der Waals surface area contributed by atoms with Crippen LogP contribution < -0.4 is 5.32 Å². The fourth-order valence-corrected chi connectivity index (χ4v) is 1.86. The van der Waals surface area contributed by atoms with E-state index < -0.39 is 0 Å². The highest BCUT2D eigenvalue weighted by molar-refractivity contribution is 6.02. The Morgan fingerprint density at radius 3 is 2.82 bits per heavy atom. The Hall–Kier alpha value is -3.03. The molecule has 0 unspecified atom stereocenters. The third-order valence-corrected chi connectivity index (χ3v) is 3.05. The zero-order chi connectivity index (χ0) is 15.5. The van der Waals surface area contributed by atoms with Crippen molar-refractivity contribution in [2.75, 3.05) is 5.32 Å². The lowest BCUT2D eigenvalue weighted by molar-refractivity contribution is 0.102. The van der Waals surface area contributed by atoms with Gasteiger partial charge in [0.15, 0.2) is 0 Å². The molecule has 0 aliphatic rings. The van der Waals surface area contributed by atoms with Crippen LogP contribution in [0.1, 0.15) is 36.1 Å². The van der Waals surface area contributed by atoms with Gasteiger partial charge >= 0.3 is 0 Å². The SMILES string of the molecule is CC(C)c1nc(NC(=O)c2cc(-c3cccnc3)n[nH]2)n[nH]1. The van der Waals surface area contributed by atoms with Crippen LogP contribution in [-0.4, -0.2) is 36.3 Å². The fraction of sp³-hybridized carbons (Fsp3) is 0.214. The monoisotopic (exact) mass is 297 g/mol. The number of nitrogens with zero attached hydrogens (tertiary/aromatic N) is 4. The Kier molecular flexibility index (Phi) is 3.65. The van der Waals surface area contributed by atoms with Crippen molar-refractivity contribution in [3.63, 3.8) is 0 Å². The second-order valence-corrected chi connectivity index (χ2v) is 5.06. The summed E-state index contributed by atoms with van der Waals surface area (Å²) < 4.78 is 0. The number of aromatic nitrogens is 6. The molecule has 0 fully saturated rings. The summed E-state index contributed by atoms with van der Waals surface area (Å²) in [6.07, 6.45) is 3.36. The molecule has 22 heavy (non-hydrogen) atoms. The van der Waals surface area contributed by atoms with Crippen molar-refractivity contribution in [2.45, 2.75) is 19.8 Å². The molecule has 112 valence electrons. The molecule has 0 saturated carbocycles. The maximum atomic E-state index is 12.1. The van der Waals surface area contributed by atoms with Crippen LogP contribution >= 0.6 is 0 Å². The summed E-state index contributed by atoms with van der Waals surface area (Å²) in [6, 6.07) is 5.34. The second-order valence-electron chi connectivity index (χ2n) is 5.06. The van der Waals surface area contributed by atoms with E-state index in [1.807, 2.05) is 26.0 Å². The normalized spacial score (nSPS) is 10.9. The van der Waals surface area contributed by atoms with Gasteiger partial charge < -0.3 is 0 Å². The number of rotatable bonds is 4. The van der Waals surface area contributed by atoms with Gasteiger partial charge in [0.2, 0.25) is 5.95 Å². The number of amides is 1. The van der Waals surface area contributed by atoms with E-state index in [9.17, 15) is 4.79 Å². The van der Waals surface area contributed by atoms with E-state index in [0.29, 0.717) is 11.4 Å². The van der Waals surface area contributed by atoms with Crippen LogP contribution in [0.15, 0.2) is 30.6 Å². The number of hydrogen-bond donors (Lipinski definition) is 3. The number of carbonyl (C=O) groups excluding carboxylic acids is 1. The van der Waals surface area contributed by atoms with Gasteiger partial charge in [-0.15, -0.1) is 5.10 Å². The number of anilines is 1. The van der Waals surface area contributed by atoms with E-state index in [0.717, 1.165) is 11.4 Å². The predicted molar refractivity (Wildman–Crippen MR) is 80.2 cm³/mol. The van der Waals surface area contributed by atoms with Gasteiger partial charge in [-0.1, -0.05) is 13.8 Å². The minimum Gasteiger partial charge on any atom is -0.288 e. The molecule has 8 nitrogen and oxygen atoms in total. The average molecular weight is 297 g/mol. The van der Waals surface area contributed by atoms with E-state index in [4.69, 9.17) is 0 Å². The first-order valence-electron chi connectivity index (χ1n) is 6.83. The van der Waals surface area contributed by atoms with E-state index in [2.05, 4.69) is 35.7 Å². The molecule has 0 aliphatic heterocycles. The molecule has 3 N–H and O–H groups in total. The lowest BCUT2D eigenvalue weighted by Gasteiger charge is -1.97. The van der Waals surface area contributed by atoms with Crippen molar-refractivity contribution >= 4 is 11.9 Å². The van der Waals surface area contributed by atoms with E-state index in [1.54, 1.807) is 18.5 Å². The molecule has 0 radical (unpaired) electrons. The van der Waals surface area contributed by atoms with Crippen LogP contribution in [0.3, 0.4) is 0 Å². The molecule has 0 atom stereocenters. The minimum absolute atomic E-state index is 0.211. The summed E-state index contributed by atoms with van der Waals surface area (Å²) in [5.41, 5.74) is 1.81. The average Bonchev–Trinajstić information content (AvgIpc) is 3.17. The van der Waals surface area contributed by atoms with Crippen molar-refractivity contribution in [3.05, 3.63) is 42.1 Å². The third-order valence-electron chi connectivity index (χ3n) is 3.05. The molecule has 0 saturated heterocycles. The maximum Gasteiger partial charge on any atom is 0.276 e. The summed E-state index contributed by atoms with van der Waals surface area (Å²) in [5, 5.41) is 16.2. The van der Waals surface area contributed by atoms with Crippen LogP contribution in [0.2, 0.25) is 0 Å². The molecule has 3 rings (SSSR count). The number of nitrogens with one attached hydrogen (secondary N) is 3. The lowest BCUT2D eigenvalue weighted by Crippen LogP contribution is -2.13. The van der Waals surface area contributed by atoms with Crippen molar-refractivity contribution in [3.8, 4) is 11.3 Å². The molecule has 0 spiro atoms. The molecular formula is C14H15N7O. The highest BCUT2D eigenvalue weighted by Gasteiger charge is 2.14. The first-order valence-corrected chi connectivity index (χ1v) is 6.83. The van der Waals surface area contributed by atoms with Crippen molar-refractivity contribution < 1.29 is 4.79 Å². The molecular weight excluding hydrogens is 282 g/mol. The lowest BCUT2D eigenvalue weighted by atomic mass is 10.2. The van der Waals surface area contributed by atoms with Crippen molar-refractivity contribution in [1.29, 1.82) is 0 Å². The minimum atomic E-state index is -0.350. The molecule has 3 aromatic rings. The first kappa shape index (κ1) is 13.9. The maximum absolute atomic E-state index is 12.1. The summed E-state index contributed by atoms with van der Waals surface area (Å²) in [7, 11) is 0. The largest absolute Gasteiger partial charge is 0.288 e. The number of carbonyl (C=O) groups is 1. The molecule has 3 heterocycles. The number of aromatic amines is 2. The summed E-state index contributed by atoms with van der Waals surface area (Å²) in [5.74, 6) is 0.821. The first-order chi connectivity index (χ1) is 10.6. The molecule has 1 amide bonds. The van der Waals surface area contributed by atoms with Crippen LogP contribution in [0.4, 0.5) is 5.95 Å².